The molecule has 134 valence electrons. The molecule has 1 aromatic carbocycles. The van der Waals surface area contributed by atoms with E-state index in [2.05, 4.69) is 20.1 Å². The lowest BCUT2D eigenvalue weighted by Crippen LogP contribution is -2.24. The van der Waals surface area contributed by atoms with Crippen LogP contribution in [0.4, 0.5) is 5.69 Å². The molecule has 1 aromatic heterocycles. The molecule has 1 fully saturated rings. The molecule has 0 bridgehead atoms. The number of hydrogen-bond donors (Lipinski definition) is 1. The number of aromatic nitrogens is 3. The van der Waals surface area contributed by atoms with E-state index in [4.69, 9.17) is 0 Å². The Morgan fingerprint density at radius 1 is 1.20 bits per heavy atom. The van der Waals surface area contributed by atoms with Crippen molar-refractivity contribution in [2.75, 3.05) is 5.32 Å². The minimum Gasteiger partial charge on any atom is -0.325 e. The van der Waals surface area contributed by atoms with E-state index < -0.39 is 0 Å². The summed E-state index contributed by atoms with van der Waals surface area (Å²) in [6.07, 6.45) is 6.19. The van der Waals surface area contributed by atoms with E-state index in [9.17, 15) is 4.79 Å². The van der Waals surface area contributed by atoms with Crippen LogP contribution in [0.2, 0.25) is 0 Å². The van der Waals surface area contributed by atoms with Crippen molar-refractivity contribution >= 4 is 23.4 Å². The molecule has 1 amide bonds. The Balaban J connectivity index is 1.69. The molecule has 3 rings (SSSR count). The van der Waals surface area contributed by atoms with Crippen LogP contribution in [0.25, 0.3) is 0 Å². The molecular weight excluding hydrogens is 332 g/mol. The summed E-state index contributed by atoms with van der Waals surface area (Å²) in [6, 6.07) is 8.30. The van der Waals surface area contributed by atoms with Gasteiger partial charge in [0, 0.05) is 11.7 Å². The van der Waals surface area contributed by atoms with Gasteiger partial charge in [0.1, 0.15) is 5.82 Å². The van der Waals surface area contributed by atoms with E-state index in [0.717, 1.165) is 22.2 Å². The van der Waals surface area contributed by atoms with Gasteiger partial charge in [-0.05, 0) is 45.2 Å². The van der Waals surface area contributed by atoms with Gasteiger partial charge >= 0.3 is 0 Å². The summed E-state index contributed by atoms with van der Waals surface area (Å²) in [5.74, 6) is 0.941. The molecular formula is C19H26N4OS. The molecule has 25 heavy (non-hydrogen) atoms. The minimum absolute atomic E-state index is 0.00449. The SMILES string of the molecule is Cc1ccccc1NC(=O)[C@H](C)Sc1nnc(C)n1C1CCCCC1. The van der Waals surface area contributed by atoms with Crippen LogP contribution in [0, 0.1) is 13.8 Å². The maximum atomic E-state index is 12.6. The molecule has 1 aliphatic carbocycles. The third kappa shape index (κ3) is 4.24. The largest absolute Gasteiger partial charge is 0.325 e. The number of nitrogens with zero attached hydrogens (tertiary/aromatic N) is 3. The first-order valence-corrected chi connectivity index (χ1v) is 9.89. The number of carbonyl (C=O) groups excluding carboxylic acids is 1. The molecule has 1 N–H and O–H groups in total. The zero-order valence-electron chi connectivity index (χ0n) is 15.2. The van der Waals surface area contributed by atoms with Gasteiger partial charge in [-0.3, -0.25) is 4.79 Å². The Hall–Kier alpha value is -1.82. The summed E-state index contributed by atoms with van der Waals surface area (Å²) >= 11 is 1.50. The van der Waals surface area contributed by atoms with Gasteiger partial charge in [-0.1, -0.05) is 49.2 Å². The van der Waals surface area contributed by atoms with E-state index >= 15 is 0 Å². The number of benzene rings is 1. The topological polar surface area (TPSA) is 59.8 Å². The molecule has 1 heterocycles. The van der Waals surface area contributed by atoms with Crippen LogP contribution in [0.5, 0.6) is 0 Å². The van der Waals surface area contributed by atoms with Crippen molar-refractivity contribution in [3.05, 3.63) is 35.7 Å². The van der Waals surface area contributed by atoms with Crippen LogP contribution < -0.4 is 5.32 Å². The summed E-state index contributed by atoms with van der Waals surface area (Å²) in [6.45, 7) is 5.92. The molecule has 5 nitrogen and oxygen atoms in total. The first-order chi connectivity index (χ1) is 12.1. The predicted octanol–water partition coefficient (Wildman–Crippen LogP) is 4.52. The zero-order chi connectivity index (χ0) is 17.8. The first-order valence-electron chi connectivity index (χ1n) is 9.01. The van der Waals surface area contributed by atoms with Gasteiger partial charge in [0.15, 0.2) is 5.16 Å². The van der Waals surface area contributed by atoms with Crippen molar-refractivity contribution in [3.63, 3.8) is 0 Å². The molecule has 2 aromatic rings. The molecule has 0 saturated heterocycles. The van der Waals surface area contributed by atoms with Crippen molar-refractivity contribution in [2.24, 2.45) is 0 Å². The second-order valence-corrected chi connectivity index (χ2v) is 8.06. The number of rotatable bonds is 5. The summed E-state index contributed by atoms with van der Waals surface area (Å²) in [4.78, 5) is 12.6. The Kier molecular flexibility index (Phi) is 5.78. The summed E-state index contributed by atoms with van der Waals surface area (Å²) < 4.78 is 2.24. The second kappa shape index (κ2) is 8.04. The fourth-order valence-corrected chi connectivity index (χ4v) is 4.31. The summed E-state index contributed by atoms with van der Waals surface area (Å²) in [5, 5.41) is 12.2. The lowest BCUT2D eigenvalue weighted by Gasteiger charge is -2.25. The molecule has 0 spiro atoms. The number of thioether (sulfide) groups is 1. The van der Waals surface area contributed by atoms with Crippen LogP contribution >= 0.6 is 11.8 Å². The van der Waals surface area contributed by atoms with Crippen molar-refractivity contribution in [2.45, 2.75) is 69.3 Å². The number of carbonyl (C=O) groups is 1. The van der Waals surface area contributed by atoms with Crippen molar-refractivity contribution < 1.29 is 4.79 Å². The number of aryl methyl sites for hydroxylation is 2. The normalized spacial score (nSPS) is 16.6. The van der Waals surface area contributed by atoms with E-state index in [1.807, 2.05) is 45.0 Å². The Morgan fingerprint density at radius 2 is 1.92 bits per heavy atom. The molecule has 0 unspecified atom stereocenters. The maximum Gasteiger partial charge on any atom is 0.237 e. The highest BCUT2D eigenvalue weighted by Crippen LogP contribution is 2.33. The molecule has 1 saturated carbocycles. The smallest absolute Gasteiger partial charge is 0.237 e. The van der Waals surface area contributed by atoms with Crippen LogP contribution in [-0.2, 0) is 4.79 Å². The number of nitrogens with one attached hydrogen (secondary N) is 1. The van der Waals surface area contributed by atoms with Crippen LogP contribution in [0.15, 0.2) is 29.4 Å². The fourth-order valence-electron chi connectivity index (χ4n) is 3.35. The van der Waals surface area contributed by atoms with Gasteiger partial charge in [-0.15, -0.1) is 10.2 Å². The maximum absolute atomic E-state index is 12.6. The van der Waals surface area contributed by atoms with Gasteiger partial charge in [-0.2, -0.15) is 0 Å². The van der Waals surface area contributed by atoms with Crippen LogP contribution in [0.1, 0.15) is 56.5 Å². The number of hydrogen-bond acceptors (Lipinski definition) is 4. The highest BCUT2D eigenvalue weighted by molar-refractivity contribution is 8.00. The fraction of sp³-hybridized carbons (Fsp3) is 0.526. The first kappa shape index (κ1) is 18.0. The second-order valence-electron chi connectivity index (χ2n) is 6.76. The average molecular weight is 359 g/mol. The highest BCUT2D eigenvalue weighted by atomic mass is 32.2. The molecule has 0 radical (unpaired) electrons. The van der Waals surface area contributed by atoms with E-state index in [1.165, 1.54) is 43.9 Å². The van der Waals surface area contributed by atoms with Crippen LogP contribution in [0.3, 0.4) is 0 Å². The Morgan fingerprint density at radius 3 is 2.64 bits per heavy atom. The van der Waals surface area contributed by atoms with Crippen LogP contribution in [-0.4, -0.2) is 25.9 Å². The van der Waals surface area contributed by atoms with Crippen molar-refractivity contribution in [1.82, 2.24) is 14.8 Å². The quantitative estimate of drug-likeness (QED) is 0.798. The zero-order valence-corrected chi connectivity index (χ0v) is 16.0. The van der Waals surface area contributed by atoms with Gasteiger partial charge in [0.2, 0.25) is 5.91 Å². The number of amides is 1. The van der Waals surface area contributed by atoms with Gasteiger partial charge in [0.05, 0.1) is 5.25 Å². The average Bonchev–Trinajstić information content (AvgIpc) is 2.98. The lowest BCUT2D eigenvalue weighted by molar-refractivity contribution is -0.115. The Labute approximate surface area is 153 Å². The predicted molar refractivity (Wildman–Crippen MR) is 102 cm³/mol. The summed E-state index contributed by atoms with van der Waals surface area (Å²) in [7, 11) is 0. The highest BCUT2D eigenvalue weighted by Gasteiger charge is 2.24. The number of para-hydroxylation sites is 1. The standard InChI is InChI=1S/C19H26N4OS/c1-13-9-7-8-12-17(13)20-18(24)14(2)25-19-22-21-15(3)23(19)16-10-5-4-6-11-16/h7-9,12,14,16H,4-6,10-11H2,1-3H3,(H,20,24)/t14-/m0/s1. The third-order valence-corrected chi connectivity index (χ3v) is 5.89. The van der Waals surface area contributed by atoms with Gasteiger partial charge < -0.3 is 9.88 Å². The third-order valence-electron chi connectivity index (χ3n) is 4.83. The van der Waals surface area contributed by atoms with E-state index in [-0.39, 0.29) is 11.2 Å². The summed E-state index contributed by atoms with van der Waals surface area (Å²) in [5.41, 5.74) is 1.93. The van der Waals surface area contributed by atoms with E-state index in [1.54, 1.807) is 0 Å². The van der Waals surface area contributed by atoms with Crippen molar-refractivity contribution in [1.29, 1.82) is 0 Å². The number of anilines is 1. The molecule has 1 aliphatic rings. The Bertz CT molecular complexity index is 737. The minimum atomic E-state index is -0.231. The monoisotopic (exact) mass is 358 g/mol. The lowest BCUT2D eigenvalue weighted by atomic mass is 9.95. The van der Waals surface area contributed by atoms with E-state index in [0.29, 0.717) is 6.04 Å². The van der Waals surface area contributed by atoms with Crippen molar-refractivity contribution in [3.8, 4) is 0 Å². The van der Waals surface area contributed by atoms with Gasteiger partial charge in [-0.25, -0.2) is 0 Å². The molecule has 0 aliphatic heterocycles. The van der Waals surface area contributed by atoms with Gasteiger partial charge in [0.25, 0.3) is 0 Å². The molecule has 6 heteroatoms. The molecule has 1 atom stereocenters.